The van der Waals surface area contributed by atoms with Crippen molar-refractivity contribution >= 4 is 17.3 Å². The lowest BCUT2D eigenvalue weighted by atomic mass is 10.2. The summed E-state index contributed by atoms with van der Waals surface area (Å²) in [5, 5.41) is 9.69. The zero-order valence-corrected chi connectivity index (χ0v) is 9.96. The van der Waals surface area contributed by atoms with Gasteiger partial charge in [-0.05, 0) is 13.8 Å². The van der Waals surface area contributed by atoms with Gasteiger partial charge in [0.15, 0.2) is 5.82 Å². The standard InChI is InChI=1S/C10H9N3O3S/c1-4-7(10(15)16)9(14)13-8(12-4)6-3-11-5(2)17-6/h3H,1-2H3,(H,15,16)(H,12,13,14). The van der Waals surface area contributed by atoms with Gasteiger partial charge in [-0.3, -0.25) is 4.79 Å². The summed E-state index contributed by atoms with van der Waals surface area (Å²) in [4.78, 5) is 33.7. The van der Waals surface area contributed by atoms with Crippen LogP contribution in [0.2, 0.25) is 0 Å². The zero-order valence-electron chi connectivity index (χ0n) is 9.14. The van der Waals surface area contributed by atoms with E-state index in [0.717, 1.165) is 5.01 Å². The van der Waals surface area contributed by atoms with Crippen molar-refractivity contribution in [2.24, 2.45) is 0 Å². The Kier molecular flexibility index (Phi) is 2.76. The Morgan fingerprint density at radius 2 is 2.18 bits per heavy atom. The third kappa shape index (κ3) is 2.09. The molecule has 2 heterocycles. The summed E-state index contributed by atoms with van der Waals surface area (Å²) in [6.07, 6.45) is 1.60. The summed E-state index contributed by atoms with van der Waals surface area (Å²) in [6, 6.07) is 0. The molecule has 0 saturated carbocycles. The maximum Gasteiger partial charge on any atom is 0.343 e. The lowest BCUT2D eigenvalue weighted by Crippen LogP contribution is -2.21. The van der Waals surface area contributed by atoms with Crippen LogP contribution in [0.1, 0.15) is 21.1 Å². The number of hydrogen-bond donors (Lipinski definition) is 2. The van der Waals surface area contributed by atoms with E-state index in [2.05, 4.69) is 15.0 Å². The molecule has 0 spiro atoms. The molecule has 0 bridgehead atoms. The van der Waals surface area contributed by atoms with Crippen LogP contribution in [-0.4, -0.2) is 26.0 Å². The van der Waals surface area contributed by atoms with Crippen LogP contribution in [0.3, 0.4) is 0 Å². The van der Waals surface area contributed by atoms with Gasteiger partial charge >= 0.3 is 5.97 Å². The quantitative estimate of drug-likeness (QED) is 0.836. The molecular formula is C10H9N3O3S. The van der Waals surface area contributed by atoms with Crippen LogP contribution in [0, 0.1) is 13.8 Å². The molecule has 17 heavy (non-hydrogen) atoms. The lowest BCUT2D eigenvalue weighted by Gasteiger charge is -2.01. The van der Waals surface area contributed by atoms with Gasteiger partial charge in [0, 0.05) is 6.20 Å². The highest BCUT2D eigenvalue weighted by Crippen LogP contribution is 2.21. The van der Waals surface area contributed by atoms with Gasteiger partial charge in [-0.25, -0.2) is 14.8 Å². The molecule has 0 atom stereocenters. The number of thiazole rings is 1. The first-order valence-electron chi connectivity index (χ1n) is 4.76. The van der Waals surface area contributed by atoms with Gasteiger partial charge in [-0.15, -0.1) is 11.3 Å². The Morgan fingerprint density at radius 3 is 2.65 bits per heavy atom. The van der Waals surface area contributed by atoms with Crippen LogP contribution in [0.5, 0.6) is 0 Å². The summed E-state index contributed by atoms with van der Waals surface area (Å²) in [5.41, 5.74) is -0.775. The fourth-order valence-electron chi connectivity index (χ4n) is 1.43. The number of nitrogens with one attached hydrogen (secondary N) is 1. The third-order valence-electron chi connectivity index (χ3n) is 2.17. The summed E-state index contributed by atoms with van der Waals surface area (Å²) in [5.74, 6) is -0.925. The normalized spacial score (nSPS) is 10.5. The summed E-state index contributed by atoms with van der Waals surface area (Å²) in [7, 11) is 0. The lowest BCUT2D eigenvalue weighted by molar-refractivity contribution is 0.0693. The first-order chi connectivity index (χ1) is 7.99. The van der Waals surface area contributed by atoms with E-state index in [9.17, 15) is 9.59 Å². The second-order valence-electron chi connectivity index (χ2n) is 3.42. The molecule has 0 aliphatic heterocycles. The van der Waals surface area contributed by atoms with Gasteiger partial charge in [0.25, 0.3) is 5.56 Å². The van der Waals surface area contributed by atoms with Crippen molar-refractivity contribution in [2.45, 2.75) is 13.8 Å². The smallest absolute Gasteiger partial charge is 0.343 e. The Bertz CT molecular complexity index is 644. The van der Waals surface area contributed by atoms with E-state index < -0.39 is 11.5 Å². The maximum atomic E-state index is 11.6. The first kappa shape index (κ1) is 11.5. The number of aromatic amines is 1. The van der Waals surface area contributed by atoms with Crippen LogP contribution in [0.25, 0.3) is 10.7 Å². The molecule has 0 unspecified atom stereocenters. The van der Waals surface area contributed by atoms with E-state index in [0.29, 0.717) is 10.7 Å². The van der Waals surface area contributed by atoms with Gasteiger partial charge < -0.3 is 10.1 Å². The van der Waals surface area contributed by atoms with E-state index >= 15 is 0 Å². The molecule has 2 N–H and O–H groups in total. The molecule has 0 amide bonds. The van der Waals surface area contributed by atoms with Crippen LogP contribution in [0.15, 0.2) is 11.0 Å². The number of aryl methyl sites for hydroxylation is 2. The molecule has 0 radical (unpaired) electrons. The average molecular weight is 251 g/mol. The average Bonchev–Trinajstić information content (AvgIpc) is 2.63. The van der Waals surface area contributed by atoms with Crippen LogP contribution >= 0.6 is 11.3 Å². The number of nitrogens with zero attached hydrogens (tertiary/aromatic N) is 2. The van der Waals surface area contributed by atoms with Crippen LogP contribution in [0.4, 0.5) is 0 Å². The highest BCUT2D eigenvalue weighted by molar-refractivity contribution is 7.14. The molecular weight excluding hydrogens is 242 g/mol. The van der Waals surface area contributed by atoms with Crippen molar-refractivity contribution in [3.8, 4) is 10.7 Å². The molecule has 2 aromatic heterocycles. The number of carboxylic acid groups (broad SMARTS) is 1. The van der Waals surface area contributed by atoms with Crippen molar-refractivity contribution < 1.29 is 9.90 Å². The monoisotopic (exact) mass is 251 g/mol. The minimum atomic E-state index is -1.27. The van der Waals surface area contributed by atoms with Gasteiger partial charge in [0.2, 0.25) is 0 Å². The van der Waals surface area contributed by atoms with Crippen molar-refractivity contribution in [2.75, 3.05) is 0 Å². The molecule has 7 heteroatoms. The number of rotatable bonds is 2. The zero-order chi connectivity index (χ0) is 12.6. The minimum Gasteiger partial charge on any atom is -0.477 e. The van der Waals surface area contributed by atoms with Crippen molar-refractivity contribution in [1.82, 2.24) is 15.0 Å². The Morgan fingerprint density at radius 1 is 1.47 bits per heavy atom. The predicted molar refractivity (Wildman–Crippen MR) is 62.4 cm³/mol. The SMILES string of the molecule is Cc1ncc(-c2nc(C)c(C(=O)O)c(=O)[nH]2)s1. The van der Waals surface area contributed by atoms with Crippen LogP contribution < -0.4 is 5.56 Å². The Labute approximate surface area is 100.0 Å². The largest absolute Gasteiger partial charge is 0.477 e. The van der Waals surface area contributed by atoms with Gasteiger partial charge in [-0.2, -0.15) is 0 Å². The van der Waals surface area contributed by atoms with Gasteiger partial charge in [0.1, 0.15) is 5.56 Å². The molecule has 88 valence electrons. The second kappa shape index (κ2) is 4.10. The summed E-state index contributed by atoms with van der Waals surface area (Å²) in [6.45, 7) is 3.33. The molecule has 6 nitrogen and oxygen atoms in total. The number of aromatic carboxylic acids is 1. The fraction of sp³-hybridized carbons (Fsp3) is 0.200. The van der Waals surface area contributed by atoms with Crippen LogP contribution in [-0.2, 0) is 0 Å². The molecule has 0 aliphatic carbocycles. The molecule has 0 aliphatic rings. The first-order valence-corrected chi connectivity index (χ1v) is 5.57. The number of H-pyrrole nitrogens is 1. The van der Waals surface area contributed by atoms with E-state index in [1.807, 2.05) is 6.92 Å². The topological polar surface area (TPSA) is 95.9 Å². The summed E-state index contributed by atoms with van der Waals surface area (Å²) >= 11 is 1.38. The van der Waals surface area contributed by atoms with E-state index in [1.54, 1.807) is 6.20 Å². The highest BCUT2D eigenvalue weighted by Gasteiger charge is 2.16. The molecule has 0 fully saturated rings. The summed E-state index contributed by atoms with van der Waals surface area (Å²) < 4.78 is 0. The number of aromatic nitrogens is 3. The van der Waals surface area contributed by atoms with Crippen molar-refractivity contribution in [3.63, 3.8) is 0 Å². The highest BCUT2D eigenvalue weighted by atomic mass is 32.1. The Hall–Kier alpha value is -2.02. The predicted octanol–water partition coefficient (Wildman–Crippen LogP) is 1.21. The van der Waals surface area contributed by atoms with E-state index in [4.69, 9.17) is 5.11 Å². The van der Waals surface area contributed by atoms with E-state index in [-0.39, 0.29) is 11.3 Å². The maximum absolute atomic E-state index is 11.6. The fourth-order valence-corrected chi connectivity index (χ4v) is 2.15. The number of carbonyl (C=O) groups is 1. The molecule has 2 rings (SSSR count). The van der Waals surface area contributed by atoms with Crippen molar-refractivity contribution in [1.29, 1.82) is 0 Å². The molecule has 0 aromatic carbocycles. The van der Waals surface area contributed by atoms with Gasteiger partial charge in [-0.1, -0.05) is 0 Å². The van der Waals surface area contributed by atoms with Gasteiger partial charge in [0.05, 0.1) is 15.6 Å². The third-order valence-corrected chi connectivity index (χ3v) is 3.09. The molecule has 2 aromatic rings. The number of carboxylic acids is 1. The number of hydrogen-bond acceptors (Lipinski definition) is 5. The molecule has 0 saturated heterocycles. The van der Waals surface area contributed by atoms with E-state index in [1.165, 1.54) is 18.3 Å². The van der Waals surface area contributed by atoms with Crippen molar-refractivity contribution in [3.05, 3.63) is 32.8 Å². The Balaban J connectivity index is 2.60. The second-order valence-corrected chi connectivity index (χ2v) is 4.66. The minimum absolute atomic E-state index is 0.197.